The summed E-state index contributed by atoms with van der Waals surface area (Å²) in [5, 5.41) is 2.78. The van der Waals surface area contributed by atoms with Crippen molar-refractivity contribution in [2.45, 2.75) is 18.9 Å². The molecule has 1 fully saturated rings. The van der Waals surface area contributed by atoms with E-state index in [0.29, 0.717) is 23.5 Å². The van der Waals surface area contributed by atoms with E-state index in [4.69, 9.17) is 5.73 Å². The van der Waals surface area contributed by atoms with Gasteiger partial charge >= 0.3 is 0 Å². The fraction of sp³-hybridized carbons (Fsp3) is 0.333. The van der Waals surface area contributed by atoms with Gasteiger partial charge in [0.2, 0.25) is 5.91 Å². The Balaban J connectivity index is 2.16. The highest BCUT2D eigenvalue weighted by Crippen LogP contribution is 2.31. The van der Waals surface area contributed by atoms with Crippen LogP contribution in [0.25, 0.3) is 0 Å². The third kappa shape index (κ3) is 1.39. The summed E-state index contributed by atoms with van der Waals surface area (Å²) in [5.41, 5.74) is 7.19. The molecule has 5 heteroatoms. The molecule has 0 radical (unpaired) electrons. The Labute approximate surface area is 98.6 Å². The zero-order chi connectivity index (χ0) is 12.0. The number of benzene rings is 1. The molecule has 5 nitrogen and oxygen atoms in total. The molecule has 2 heterocycles. The smallest absolute Gasteiger partial charge is 0.258 e. The summed E-state index contributed by atoms with van der Waals surface area (Å²) in [6.45, 7) is 0.630. The normalized spacial score (nSPS) is 22.8. The fourth-order valence-electron chi connectivity index (χ4n) is 2.56. The van der Waals surface area contributed by atoms with Gasteiger partial charge in [0, 0.05) is 12.2 Å². The summed E-state index contributed by atoms with van der Waals surface area (Å²) in [6, 6.07) is 4.79. The summed E-state index contributed by atoms with van der Waals surface area (Å²) in [7, 11) is 0. The van der Waals surface area contributed by atoms with E-state index in [9.17, 15) is 9.59 Å². The van der Waals surface area contributed by atoms with Gasteiger partial charge < -0.3 is 16.0 Å². The first kappa shape index (κ1) is 10.1. The first-order chi connectivity index (χ1) is 8.18. The van der Waals surface area contributed by atoms with Crippen molar-refractivity contribution in [3.8, 4) is 0 Å². The van der Waals surface area contributed by atoms with E-state index in [1.807, 2.05) is 0 Å². The van der Waals surface area contributed by atoms with Gasteiger partial charge in [-0.2, -0.15) is 0 Å². The van der Waals surface area contributed by atoms with E-state index in [1.54, 1.807) is 23.1 Å². The van der Waals surface area contributed by atoms with Crippen molar-refractivity contribution in [1.29, 1.82) is 0 Å². The van der Waals surface area contributed by atoms with E-state index >= 15 is 0 Å². The number of nitrogens with zero attached hydrogens (tertiary/aromatic N) is 1. The number of amides is 2. The van der Waals surface area contributed by atoms with Crippen molar-refractivity contribution in [3.63, 3.8) is 0 Å². The number of nitrogen functional groups attached to an aromatic ring is 1. The maximum atomic E-state index is 12.3. The minimum absolute atomic E-state index is 0.111. The van der Waals surface area contributed by atoms with Crippen LogP contribution >= 0.6 is 0 Å². The van der Waals surface area contributed by atoms with Crippen LogP contribution in [0.1, 0.15) is 23.2 Å². The lowest BCUT2D eigenvalue weighted by atomic mass is 10.1. The largest absolute Gasteiger partial charge is 0.398 e. The lowest BCUT2D eigenvalue weighted by Crippen LogP contribution is -2.40. The third-order valence-corrected chi connectivity index (χ3v) is 3.38. The molecule has 0 bridgehead atoms. The van der Waals surface area contributed by atoms with Crippen LogP contribution < -0.4 is 11.1 Å². The number of fused-ring (bicyclic) bond motifs is 2. The summed E-state index contributed by atoms with van der Waals surface area (Å²) >= 11 is 0. The van der Waals surface area contributed by atoms with Gasteiger partial charge in [-0.25, -0.2) is 0 Å². The number of hydrogen-bond donors (Lipinski definition) is 2. The van der Waals surface area contributed by atoms with Gasteiger partial charge in [-0.15, -0.1) is 0 Å². The van der Waals surface area contributed by atoms with Crippen LogP contribution in [0.4, 0.5) is 11.4 Å². The fourth-order valence-corrected chi connectivity index (χ4v) is 2.56. The van der Waals surface area contributed by atoms with Crippen molar-refractivity contribution < 1.29 is 9.59 Å². The Morgan fingerprint density at radius 3 is 3.00 bits per heavy atom. The number of hydrogen-bond acceptors (Lipinski definition) is 3. The number of nitrogens with two attached hydrogens (primary N) is 1. The number of rotatable bonds is 0. The Kier molecular flexibility index (Phi) is 2.07. The monoisotopic (exact) mass is 231 g/mol. The van der Waals surface area contributed by atoms with Gasteiger partial charge in [0.25, 0.3) is 5.91 Å². The van der Waals surface area contributed by atoms with E-state index in [-0.39, 0.29) is 17.9 Å². The van der Waals surface area contributed by atoms with E-state index in [2.05, 4.69) is 5.32 Å². The molecule has 0 unspecified atom stereocenters. The Bertz CT molecular complexity index is 512. The first-order valence-corrected chi connectivity index (χ1v) is 5.69. The summed E-state index contributed by atoms with van der Waals surface area (Å²) < 4.78 is 0. The molecule has 0 spiro atoms. The molecule has 1 aromatic rings. The van der Waals surface area contributed by atoms with Crippen LogP contribution in [-0.4, -0.2) is 29.3 Å². The maximum Gasteiger partial charge on any atom is 0.258 e. The second-order valence-corrected chi connectivity index (χ2v) is 4.42. The Hall–Kier alpha value is -2.04. The molecule has 0 saturated carbocycles. The summed E-state index contributed by atoms with van der Waals surface area (Å²) in [5.74, 6) is -0.251. The molecule has 2 aliphatic rings. The highest BCUT2D eigenvalue weighted by Gasteiger charge is 2.38. The predicted molar refractivity (Wildman–Crippen MR) is 63.5 cm³/mol. The van der Waals surface area contributed by atoms with Crippen LogP contribution in [0.5, 0.6) is 0 Å². The van der Waals surface area contributed by atoms with E-state index < -0.39 is 0 Å². The molecular weight excluding hydrogens is 218 g/mol. The summed E-state index contributed by atoms with van der Waals surface area (Å²) in [4.78, 5) is 25.9. The topological polar surface area (TPSA) is 75.4 Å². The average molecular weight is 231 g/mol. The first-order valence-electron chi connectivity index (χ1n) is 5.69. The standard InChI is InChI=1S/C12H13N3O2/c13-7-3-1-4-8-10(7)12(17)15-6-2-5-9(15)11(16)14-8/h1,3-4,9H,2,5-6,13H2,(H,14,16)/t9-/m0/s1. The quantitative estimate of drug-likeness (QED) is 0.649. The van der Waals surface area contributed by atoms with Crippen molar-refractivity contribution >= 4 is 23.2 Å². The minimum Gasteiger partial charge on any atom is -0.398 e. The molecule has 1 atom stereocenters. The molecular formula is C12H13N3O2. The highest BCUT2D eigenvalue weighted by molar-refractivity contribution is 6.12. The number of anilines is 2. The number of carbonyl (C=O) groups excluding carboxylic acids is 2. The van der Waals surface area contributed by atoms with Crippen molar-refractivity contribution in [2.75, 3.05) is 17.6 Å². The number of carbonyl (C=O) groups is 2. The Morgan fingerprint density at radius 2 is 2.18 bits per heavy atom. The molecule has 88 valence electrons. The van der Waals surface area contributed by atoms with Crippen molar-refractivity contribution in [2.24, 2.45) is 0 Å². The van der Waals surface area contributed by atoms with Crippen LogP contribution in [0.2, 0.25) is 0 Å². The molecule has 3 rings (SSSR count). The van der Waals surface area contributed by atoms with Gasteiger partial charge in [-0.3, -0.25) is 9.59 Å². The van der Waals surface area contributed by atoms with E-state index in [1.165, 1.54) is 0 Å². The van der Waals surface area contributed by atoms with Gasteiger partial charge in [-0.05, 0) is 25.0 Å². The number of nitrogens with one attached hydrogen (secondary N) is 1. The highest BCUT2D eigenvalue weighted by atomic mass is 16.2. The van der Waals surface area contributed by atoms with Gasteiger partial charge in [0.1, 0.15) is 6.04 Å². The lowest BCUT2D eigenvalue weighted by Gasteiger charge is -2.20. The van der Waals surface area contributed by atoms with Crippen LogP contribution in [0, 0.1) is 0 Å². The molecule has 1 aromatic carbocycles. The second kappa shape index (κ2) is 3.48. The molecule has 0 aliphatic carbocycles. The van der Waals surface area contributed by atoms with Gasteiger partial charge in [0.05, 0.1) is 11.3 Å². The van der Waals surface area contributed by atoms with Crippen LogP contribution in [0.15, 0.2) is 18.2 Å². The maximum absolute atomic E-state index is 12.3. The Morgan fingerprint density at radius 1 is 1.35 bits per heavy atom. The lowest BCUT2D eigenvalue weighted by molar-refractivity contribution is -0.119. The van der Waals surface area contributed by atoms with Crippen molar-refractivity contribution in [3.05, 3.63) is 23.8 Å². The van der Waals surface area contributed by atoms with E-state index in [0.717, 1.165) is 12.8 Å². The predicted octanol–water partition coefficient (Wildman–Crippen LogP) is 0.825. The van der Waals surface area contributed by atoms with Crippen LogP contribution in [0.3, 0.4) is 0 Å². The zero-order valence-corrected chi connectivity index (χ0v) is 9.27. The van der Waals surface area contributed by atoms with Crippen LogP contribution in [-0.2, 0) is 4.79 Å². The van der Waals surface area contributed by atoms with Gasteiger partial charge in [0.15, 0.2) is 0 Å². The third-order valence-electron chi connectivity index (χ3n) is 3.38. The second-order valence-electron chi connectivity index (χ2n) is 4.42. The minimum atomic E-state index is -0.339. The van der Waals surface area contributed by atoms with Crippen molar-refractivity contribution in [1.82, 2.24) is 4.90 Å². The molecule has 1 saturated heterocycles. The molecule has 2 aliphatic heterocycles. The SMILES string of the molecule is Nc1cccc2c1C(=O)N1CCC[C@H]1C(=O)N2. The molecule has 17 heavy (non-hydrogen) atoms. The average Bonchev–Trinajstić information content (AvgIpc) is 2.73. The molecule has 2 amide bonds. The zero-order valence-electron chi connectivity index (χ0n) is 9.27. The summed E-state index contributed by atoms with van der Waals surface area (Å²) in [6.07, 6.45) is 1.59. The van der Waals surface area contributed by atoms with Gasteiger partial charge in [-0.1, -0.05) is 6.07 Å². The molecule has 3 N–H and O–H groups in total. The molecule has 0 aromatic heterocycles.